The molecule has 2 amide bonds. The Kier molecular flexibility index (Phi) is 8.86. The van der Waals surface area contributed by atoms with Gasteiger partial charge in [0.2, 0.25) is 5.91 Å². The van der Waals surface area contributed by atoms with Gasteiger partial charge in [-0.15, -0.1) is 16.8 Å². The highest BCUT2D eigenvalue weighted by atomic mass is 32.2. The Morgan fingerprint density at radius 2 is 1.82 bits per heavy atom. The first-order chi connectivity index (χ1) is 16.4. The van der Waals surface area contributed by atoms with Crippen LogP contribution in [0.5, 0.6) is 5.75 Å². The molecule has 0 aliphatic rings. The van der Waals surface area contributed by atoms with Gasteiger partial charge in [0.05, 0.1) is 19.4 Å². The van der Waals surface area contributed by atoms with Gasteiger partial charge in [-0.3, -0.25) is 9.59 Å². The average molecular weight is 480 g/mol. The predicted octanol–water partition coefficient (Wildman–Crippen LogP) is 4.26. The fraction of sp³-hybridized carbons (Fsp3) is 0.280. The van der Waals surface area contributed by atoms with E-state index in [0.717, 1.165) is 5.69 Å². The maximum Gasteiger partial charge on any atom is 0.251 e. The molecule has 0 atom stereocenters. The fourth-order valence-corrected chi connectivity index (χ4v) is 3.92. The lowest BCUT2D eigenvalue weighted by Crippen LogP contribution is -2.24. The lowest BCUT2D eigenvalue weighted by molar-refractivity contribution is -0.113. The van der Waals surface area contributed by atoms with Crippen LogP contribution in [-0.4, -0.2) is 39.4 Å². The lowest BCUT2D eigenvalue weighted by Gasteiger charge is -2.10. The summed E-state index contributed by atoms with van der Waals surface area (Å²) in [4.78, 5) is 24.9. The van der Waals surface area contributed by atoms with Crippen molar-refractivity contribution in [1.29, 1.82) is 0 Å². The first kappa shape index (κ1) is 25.0. The summed E-state index contributed by atoms with van der Waals surface area (Å²) in [6, 6.07) is 14.7. The van der Waals surface area contributed by atoms with Crippen LogP contribution < -0.4 is 15.4 Å². The second kappa shape index (κ2) is 12.0. The van der Waals surface area contributed by atoms with Gasteiger partial charge < -0.3 is 19.9 Å². The number of nitrogens with one attached hydrogen (secondary N) is 2. The van der Waals surface area contributed by atoms with Crippen LogP contribution in [0.15, 0.2) is 66.3 Å². The standard InChI is InChI=1S/C25H29N5O3S/c1-5-14-30-22(15-26-24(32)19-8-12-21(33-4)13-9-19)28-29-25(30)34-16-23(31)27-20-10-6-18(7-11-20)17(2)3/h5-13,17H,1,14-16H2,2-4H3,(H,26,32)(H,27,31). The summed E-state index contributed by atoms with van der Waals surface area (Å²) < 4.78 is 6.95. The molecule has 178 valence electrons. The van der Waals surface area contributed by atoms with E-state index in [-0.39, 0.29) is 24.1 Å². The number of hydrogen-bond acceptors (Lipinski definition) is 6. The third-order valence-electron chi connectivity index (χ3n) is 5.06. The SMILES string of the molecule is C=CCn1c(CNC(=O)c2ccc(OC)cc2)nnc1SCC(=O)Nc1ccc(C(C)C)cc1. The number of carbonyl (C=O) groups is 2. The zero-order valence-electron chi connectivity index (χ0n) is 19.6. The molecule has 0 spiro atoms. The van der Waals surface area contributed by atoms with E-state index in [1.165, 1.54) is 17.3 Å². The molecule has 34 heavy (non-hydrogen) atoms. The van der Waals surface area contributed by atoms with Crippen LogP contribution in [0.1, 0.15) is 41.5 Å². The van der Waals surface area contributed by atoms with Crippen LogP contribution in [0, 0.1) is 0 Å². The maximum atomic E-state index is 12.5. The molecule has 9 heteroatoms. The summed E-state index contributed by atoms with van der Waals surface area (Å²) in [6.45, 7) is 8.69. The largest absolute Gasteiger partial charge is 0.497 e. The zero-order chi connectivity index (χ0) is 24.5. The number of ether oxygens (including phenoxy) is 1. The van der Waals surface area contributed by atoms with Gasteiger partial charge in [-0.25, -0.2) is 0 Å². The molecule has 1 heterocycles. The Bertz CT molecular complexity index is 1120. The van der Waals surface area contributed by atoms with E-state index in [1.807, 2.05) is 28.8 Å². The maximum absolute atomic E-state index is 12.5. The number of thioether (sulfide) groups is 1. The summed E-state index contributed by atoms with van der Waals surface area (Å²) in [7, 11) is 1.57. The minimum absolute atomic E-state index is 0.134. The molecule has 0 unspecified atom stereocenters. The minimum Gasteiger partial charge on any atom is -0.497 e. The molecule has 3 rings (SSSR count). The number of nitrogens with zero attached hydrogens (tertiary/aromatic N) is 3. The van der Waals surface area contributed by atoms with Crippen molar-refractivity contribution in [3.63, 3.8) is 0 Å². The number of rotatable bonds is 11. The van der Waals surface area contributed by atoms with Gasteiger partial charge in [-0.1, -0.05) is 43.8 Å². The smallest absolute Gasteiger partial charge is 0.251 e. The molecule has 0 aliphatic carbocycles. The second-order valence-corrected chi connectivity index (χ2v) is 8.77. The normalized spacial score (nSPS) is 10.7. The molecular formula is C25H29N5O3S. The van der Waals surface area contributed by atoms with E-state index < -0.39 is 0 Å². The molecule has 0 radical (unpaired) electrons. The van der Waals surface area contributed by atoms with Crippen LogP contribution in [0.3, 0.4) is 0 Å². The Hall–Kier alpha value is -3.59. The molecule has 8 nitrogen and oxygen atoms in total. The molecule has 2 aromatic carbocycles. The van der Waals surface area contributed by atoms with Crippen molar-refractivity contribution in [2.75, 3.05) is 18.2 Å². The molecular weight excluding hydrogens is 450 g/mol. The van der Waals surface area contributed by atoms with Gasteiger partial charge in [0.1, 0.15) is 5.75 Å². The number of hydrogen-bond donors (Lipinski definition) is 2. The van der Waals surface area contributed by atoms with Gasteiger partial charge in [0, 0.05) is 17.8 Å². The van der Waals surface area contributed by atoms with E-state index in [4.69, 9.17) is 4.74 Å². The zero-order valence-corrected chi connectivity index (χ0v) is 20.4. The molecule has 1 aromatic heterocycles. The van der Waals surface area contributed by atoms with Gasteiger partial charge in [0.25, 0.3) is 5.91 Å². The minimum atomic E-state index is -0.229. The third-order valence-corrected chi connectivity index (χ3v) is 6.02. The van der Waals surface area contributed by atoms with Gasteiger partial charge >= 0.3 is 0 Å². The van der Waals surface area contributed by atoms with Crippen molar-refractivity contribution in [2.24, 2.45) is 0 Å². The second-order valence-electron chi connectivity index (χ2n) is 7.82. The summed E-state index contributed by atoms with van der Waals surface area (Å²) >= 11 is 1.28. The molecule has 0 bridgehead atoms. The highest BCUT2D eigenvalue weighted by Gasteiger charge is 2.15. The first-order valence-electron chi connectivity index (χ1n) is 10.9. The van der Waals surface area contributed by atoms with E-state index in [9.17, 15) is 9.59 Å². The first-order valence-corrected chi connectivity index (χ1v) is 11.9. The number of methoxy groups -OCH3 is 1. The van der Waals surface area contributed by atoms with Gasteiger partial charge in [-0.2, -0.15) is 0 Å². The number of anilines is 1. The Balaban J connectivity index is 1.57. The van der Waals surface area contributed by atoms with Crippen molar-refractivity contribution in [2.45, 2.75) is 38.0 Å². The third kappa shape index (κ3) is 6.71. The number of amides is 2. The Morgan fingerprint density at radius 3 is 2.44 bits per heavy atom. The van der Waals surface area contributed by atoms with Crippen molar-refractivity contribution < 1.29 is 14.3 Å². The topological polar surface area (TPSA) is 98.1 Å². The molecule has 0 fully saturated rings. The van der Waals surface area contributed by atoms with Crippen LogP contribution in [0.2, 0.25) is 0 Å². The van der Waals surface area contributed by atoms with Crippen molar-refractivity contribution in [1.82, 2.24) is 20.1 Å². The summed E-state index contributed by atoms with van der Waals surface area (Å²) in [5.41, 5.74) is 2.49. The highest BCUT2D eigenvalue weighted by Crippen LogP contribution is 2.20. The quantitative estimate of drug-likeness (QED) is 0.315. The fourth-order valence-electron chi connectivity index (χ4n) is 3.15. The molecule has 0 aliphatic heterocycles. The van der Waals surface area contributed by atoms with Crippen LogP contribution in [0.4, 0.5) is 5.69 Å². The number of benzene rings is 2. The van der Waals surface area contributed by atoms with Crippen molar-refractivity contribution >= 4 is 29.3 Å². The lowest BCUT2D eigenvalue weighted by atomic mass is 10.0. The summed E-state index contributed by atoms with van der Waals surface area (Å²) in [6.07, 6.45) is 1.72. The Labute approximate surface area is 203 Å². The van der Waals surface area contributed by atoms with Crippen molar-refractivity contribution in [3.8, 4) is 5.75 Å². The van der Waals surface area contributed by atoms with Crippen LogP contribution >= 0.6 is 11.8 Å². The molecule has 3 aromatic rings. The van der Waals surface area contributed by atoms with Gasteiger partial charge in [0.15, 0.2) is 11.0 Å². The van der Waals surface area contributed by atoms with E-state index >= 15 is 0 Å². The molecule has 0 saturated carbocycles. The molecule has 0 saturated heterocycles. The van der Waals surface area contributed by atoms with Gasteiger partial charge in [-0.05, 0) is 47.9 Å². The predicted molar refractivity (Wildman–Crippen MR) is 134 cm³/mol. The van der Waals surface area contributed by atoms with E-state index in [0.29, 0.717) is 34.8 Å². The van der Waals surface area contributed by atoms with Crippen LogP contribution in [-0.2, 0) is 17.9 Å². The van der Waals surface area contributed by atoms with E-state index in [2.05, 4.69) is 41.3 Å². The number of carbonyl (C=O) groups excluding carboxylic acids is 2. The summed E-state index contributed by atoms with van der Waals surface area (Å²) in [5.74, 6) is 1.51. The average Bonchev–Trinajstić information content (AvgIpc) is 3.23. The van der Waals surface area contributed by atoms with Crippen LogP contribution in [0.25, 0.3) is 0 Å². The monoisotopic (exact) mass is 479 g/mol. The molecule has 2 N–H and O–H groups in total. The number of aromatic nitrogens is 3. The Morgan fingerprint density at radius 1 is 1.12 bits per heavy atom. The highest BCUT2D eigenvalue weighted by molar-refractivity contribution is 7.99. The summed E-state index contributed by atoms with van der Waals surface area (Å²) in [5, 5.41) is 14.7. The number of allylic oxidation sites excluding steroid dienone is 1. The van der Waals surface area contributed by atoms with E-state index in [1.54, 1.807) is 37.5 Å². The van der Waals surface area contributed by atoms with Crippen molar-refractivity contribution in [3.05, 3.63) is 78.1 Å².